The van der Waals surface area contributed by atoms with E-state index in [1.54, 1.807) is 12.3 Å². The van der Waals surface area contributed by atoms with Gasteiger partial charge in [0.05, 0.1) is 16.9 Å². The number of halogens is 1. The Bertz CT molecular complexity index is 1220. The molecule has 0 unspecified atom stereocenters. The zero-order chi connectivity index (χ0) is 20.2. The number of nitrogen functional groups attached to an aromatic ring is 1. The number of nitrogens with one attached hydrogen (secondary N) is 1. The van der Waals surface area contributed by atoms with Gasteiger partial charge in [-0.05, 0) is 30.3 Å². The summed E-state index contributed by atoms with van der Waals surface area (Å²) in [5, 5.41) is 21.5. The molecule has 3 N–H and O–H groups in total. The molecule has 4 aromatic rings. The maximum absolute atomic E-state index is 13.9. The Balaban J connectivity index is 1.69. The molecule has 9 heteroatoms. The number of nitriles is 1. The molecular weight excluding hydrogens is 371 g/mol. The number of pyridine rings is 1. The molecular formula is C20H15FN8. The van der Waals surface area contributed by atoms with E-state index in [2.05, 4.69) is 30.5 Å². The highest BCUT2D eigenvalue weighted by molar-refractivity contribution is 5.94. The van der Waals surface area contributed by atoms with Crippen LogP contribution in [0.3, 0.4) is 0 Å². The summed E-state index contributed by atoms with van der Waals surface area (Å²) in [4.78, 5) is 12.3. The number of anilines is 2. The fraction of sp³-hybridized carbons (Fsp3) is 0.100. The van der Waals surface area contributed by atoms with Crippen LogP contribution in [0.4, 0.5) is 16.0 Å². The van der Waals surface area contributed by atoms with E-state index < -0.39 is 0 Å². The van der Waals surface area contributed by atoms with Gasteiger partial charge in [0.2, 0.25) is 0 Å². The monoisotopic (exact) mass is 386 g/mol. The highest BCUT2D eigenvalue weighted by Gasteiger charge is 2.15. The van der Waals surface area contributed by atoms with Crippen molar-refractivity contribution in [2.24, 2.45) is 0 Å². The minimum absolute atomic E-state index is 0.111. The molecule has 4 rings (SSSR count). The van der Waals surface area contributed by atoms with Crippen LogP contribution in [0.1, 0.15) is 11.3 Å². The molecule has 0 amide bonds. The summed E-state index contributed by atoms with van der Waals surface area (Å²) in [6, 6.07) is 11.9. The van der Waals surface area contributed by atoms with E-state index in [0.29, 0.717) is 41.1 Å². The topological polar surface area (TPSA) is 126 Å². The molecule has 0 saturated heterocycles. The third kappa shape index (κ3) is 3.64. The van der Waals surface area contributed by atoms with Gasteiger partial charge in [-0.2, -0.15) is 15.5 Å². The highest BCUT2D eigenvalue weighted by Crippen LogP contribution is 2.29. The number of nitrogens with zero attached hydrogens (tertiary/aromatic N) is 6. The number of hydrogen-bond acceptors (Lipinski definition) is 8. The third-order valence-electron chi connectivity index (χ3n) is 4.36. The van der Waals surface area contributed by atoms with Crippen molar-refractivity contribution in [3.63, 3.8) is 0 Å². The number of fused-ring (bicyclic) bond motifs is 1. The molecule has 3 aromatic heterocycles. The summed E-state index contributed by atoms with van der Waals surface area (Å²) >= 11 is 0. The fourth-order valence-electron chi connectivity index (χ4n) is 3.03. The molecule has 142 valence electrons. The lowest BCUT2D eigenvalue weighted by molar-refractivity contribution is 0.629. The average molecular weight is 386 g/mol. The zero-order valence-electron chi connectivity index (χ0n) is 15.2. The fourth-order valence-corrected chi connectivity index (χ4v) is 3.03. The molecule has 0 radical (unpaired) electrons. The normalized spacial score (nSPS) is 10.6. The summed E-state index contributed by atoms with van der Waals surface area (Å²) in [7, 11) is 0. The van der Waals surface area contributed by atoms with Gasteiger partial charge in [-0.25, -0.2) is 14.4 Å². The first-order valence-corrected chi connectivity index (χ1v) is 8.78. The van der Waals surface area contributed by atoms with Crippen molar-refractivity contribution in [3.05, 3.63) is 66.0 Å². The van der Waals surface area contributed by atoms with Crippen LogP contribution in [0.5, 0.6) is 0 Å². The van der Waals surface area contributed by atoms with E-state index in [1.165, 1.54) is 18.5 Å². The Labute approximate surface area is 165 Å². The third-order valence-corrected chi connectivity index (χ3v) is 4.36. The Hall–Kier alpha value is -4.19. The highest BCUT2D eigenvalue weighted by atomic mass is 19.1. The predicted octanol–water partition coefficient (Wildman–Crippen LogP) is 2.73. The summed E-state index contributed by atoms with van der Waals surface area (Å²) in [5.74, 6) is 0.0983. The molecule has 0 aliphatic carbocycles. The number of nitrogens with two attached hydrogens (primary N) is 1. The van der Waals surface area contributed by atoms with E-state index in [1.807, 2.05) is 24.3 Å². The van der Waals surface area contributed by atoms with Gasteiger partial charge < -0.3 is 11.1 Å². The Morgan fingerprint density at radius 1 is 1.10 bits per heavy atom. The van der Waals surface area contributed by atoms with Crippen molar-refractivity contribution in [2.75, 3.05) is 17.6 Å². The van der Waals surface area contributed by atoms with Crippen molar-refractivity contribution in [2.45, 2.75) is 6.42 Å². The number of hydrogen-bond donors (Lipinski definition) is 2. The lowest BCUT2D eigenvalue weighted by Gasteiger charge is -2.12. The quantitative estimate of drug-likeness (QED) is 0.536. The van der Waals surface area contributed by atoms with Crippen LogP contribution < -0.4 is 11.1 Å². The van der Waals surface area contributed by atoms with Gasteiger partial charge in [-0.1, -0.05) is 6.07 Å². The Morgan fingerprint density at radius 3 is 2.79 bits per heavy atom. The van der Waals surface area contributed by atoms with Gasteiger partial charge in [0.15, 0.2) is 0 Å². The van der Waals surface area contributed by atoms with Gasteiger partial charge in [0.1, 0.15) is 35.4 Å². The second kappa shape index (κ2) is 7.82. The molecule has 0 aliphatic heterocycles. The van der Waals surface area contributed by atoms with Crippen LogP contribution in [0.25, 0.3) is 22.2 Å². The van der Waals surface area contributed by atoms with Crippen molar-refractivity contribution in [3.8, 4) is 17.3 Å². The molecule has 0 bridgehead atoms. The molecule has 0 fully saturated rings. The molecule has 29 heavy (non-hydrogen) atoms. The Morgan fingerprint density at radius 2 is 2.00 bits per heavy atom. The van der Waals surface area contributed by atoms with Gasteiger partial charge in [0.25, 0.3) is 0 Å². The maximum Gasteiger partial charge on any atom is 0.149 e. The standard InChI is InChI=1S/C20H15FN8/c21-12-4-5-15-13(9-12)18(16-3-1-2-7-24-16)17(29-28-15)6-8-25-20-14(10-22)19(23)26-11-27-20/h1-5,7,9,11H,6,8H2,(H3,23,25,26,27). The SMILES string of the molecule is N#Cc1c(N)ncnc1NCCc1nnc2ccc(F)cc2c1-c1ccccn1. The van der Waals surface area contributed by atoms with E-state index in [9.17, 15) is 9.65 Å². The van der Waals surface area contributed by atoms with Gasteiger partial charge >= 0.3 is 0 Å². The van der Waals surface area contributed by atoms with E-state index in [4.69, 9.17) is 5.73 Å². The Kier molecular flexibility index (Phi) is 4.90. The first kappa shape index (κ1) is 18.2. The van der Waals surface area contributed by atoms with Crippen LogP contribution in [0.15, 0.2) is 48.9 Å². The van der Waals surface area contributed by atoms with Gasteiger partial charge in [-0.3, -0.25) is 4.98 Å². The zero-order valence-corrected chi connectivity index (χ0v) is 15.2. The first-order chi connectivity index (χ1) is 14.2. The summed E-state index contributed by atoms with van der Waals surface area (Å²) in [6.07, 6.45) is 3.41. The van der Waals surface area contributed by atoms with Crippen molar-refractivity contribution in [1.82, 2.24) is 25.1 Å². The second-order valence-electron chi connectivity index (χ2n) is 6.17. The molecule has 8 nitrogen and oxygen atoms in total. The molecule has 0 saturated carbocycles. The minimum atomic E-state index is -0.359. The predicted molar refractivity (Wildman–Crippen MR) is 106 cm³/mol. The smallest absolute Gasteiger partial charge is 0.149 e. The second-order valence-corrected chi connectivity index (χ2v) is 6.17. The summed E-state index contributed by atoms with van der Waals surface area (Å²) in [6.45, 7) is 0.403. The van der Waals surface area contributed by atoms with Crippen LogP contribution in [0.2, 0.25) is 0 Å². The number of aromatic nitrogens is 5. The molecule has 0 aliphatic rings. The minimum Gasteiger partial charge on any atom is -0.382 e. The average Bonchev–Trinajstić information content (AvgIpc) is 2.74. The van der Waals surface area contributed by atoms with E-state index >= 15 is 0 Å². The maximum atomic E-state index is 13.9. The lowest BCUT2D eigenvalue weighted by atomic mass is 10.0. The largest absolute Gasteiger partial charge is 0.382 e. The number of benzene rings is 1. The van der Waals surface area contributed by atoms with E-state index in [0.717, 1.165) is 5.56 Å². The van der Waals surface area contributed by atoms with Crippen LogP contribution >= 0.6 is 0 Å². The van der Waals surface area contributed by atoms with Crippen LogP contribution in [0, 0.1) is 17.1 Å². The molecule has 0 spiro atoms. The van der Waals surface area contributed by atoms with Crippen molar-refractivity contribution >= 4 is 22.5 Å². The molecule has 1 aromatic carbocycles. The number of rotatable bonds is 5. The molecule has 0 atom stereocenters. The van der Waals surface area contributed by atoms with E-state index in [-0.39, 0.29) is 17.2 Å². The van der Waals surface area contributed by atoms with Gasteiger partial charge in [-0.15, -0.1) is 0 Å². The summed E-state index contributed by atoms with van der Waals surface area (Å²) in [5.41, 5.74) is 8.53. The van der Waals surface area contributed by atoms with Crippen LogP contribution in [-0.4, -0.2) is 31.7 Å². The van der Waals surface area contributed by atoms with Crippen molar-refractivity contribution in [1.29, 1.82) is 5.26 Å². The molecule has 3 heterocycles. The first-order valence-electron chi connectivity index (χ1n) is 8.78. The summed E-state index contributed by atoms with van der Waals surface area (Å²) < 4.78 is 13.9. The van der Waals surface area contributed by atoms with Crippen molar-refractivity contribution < 1.29 is 4.39 Å². The lowest BCUT2D eigenvalue weighted by Crippen LogP contribution is -2.12. The van der Waals surface area contributed by atoms with Gasteiger partial charge in [0, 0.05) is 30.1 Å². The van der Waals surface area contributed by atoms with Crippen LogP contribution in [-0.2, 0) is 6.42 Å².